The maximum Gasteiger partial charge on any atom is 0.236 e. The van der Waals surface area contributed by atoms with Crippen molar-refractivity contribution < 1.29 is 14.3 Å². The van der Waals surface area contributed by atoms with Gasteiger partial charge in [-0.05, 0) is 30.5 Å². The van der Waals surface area contributed by atoms with Crippen molar-refractivity contribution in [3.63, 3.8) is 0 Å². The molecule has 2 fully saturated rings. The summed E-state index contributed by atoms with van der Waals surface area (Å²) in [6.07, 6.45) is 4.69. The maximum absolute atomic E-state index is 13.5. The molecule has 0 radical (unpaired) electrons. The standard InChI is InChI=1S/C21H32FN5O2.HI/c1-23-21(24-15-17-6-7-19(28)18(22)14-17)27-12-10-25(11-13-27)16-20(29)26-8-4-2-3-5-9-26;/h6-7,14,28H,2-5,8-13,15-16H2,1H3,(H,23,24);1H. The Kier molecular flexibility index (Phi) is 10.1. The number of benzene rings is 1. The molecule has 9 heteroatoms. The molecule has 0 aromatic heterocycles. The van der Waals surface area contributed by atoms with E-state index in [1.54, 1.807) is 13.1 Å². The second kappa shape index (κ2) is 12.3. The molecule has 0 saturated carbocycles. The number of amides is 1. The van der Waals surface area contributed by atoms with Gasteiger partial charge in [0.15, 0.2) is 17.5 Å². The Balaban J connectivity index is 0.00000320. The van der Waals surface area contributed by atoms with Crippen LogP contribution >= 0.6 is 24.0 Å². The number of phenolic OH excluding ortho intramolecular Hbond substituents is 1. The van der Waals surface area contributed by atoms with Gasteiger partial charge in [-0.15, -0.1) is 24.0 Å². The van der Waals surface area contributed by atoms with Gasteiger partial charge < -0.3 is 20.2 Å². The van der Waals surface area contributed by atoms with Crippen LogP contribution in [0, 0.1) is 5.82 Å². The van der Waals surface area contributed by atoms with Crippen LogP contribution in [0.2, 0.25) is 0 Å². The van der Waals surface area contributed by atoms with E-state index in [9.17, 15) is 14.3 Å². The Hall–Kier alpha value is -1.62. The van der Waals surface area contributed by atoms with Crippen LogP contribution in [0.25, 0.3) is 0 Å². The smallest absolute Gasteiger partial charge is 0.236 e. The van der Waals surface area contributed by atoms with Crippen LogP contribution in [0.3, 0.4) is 0 Å². The van der Waals surface area contributed by atoms with E-state index in [1.807, 2.05) is 4.90 Å². The highest BCUT2D eigenvalue weighted by molar-refractivity contribution is 14.0. The van der Waals surface area contributed by atoms with Gasteiger partial charge in [0.05, 0.1) is 6.54 Å². The zero-order valence-electron chi connectivity index (χ0n) is 17.6. The highest BCUT2D eigenvalue weighted by Gasteiger charge is 2.23. The first kappa shape index (κ1) is 24.6. The first-order chi connectivity index (χ1) is 14.1. The van der Waals surface area contributed by atoms with Gasteiger partial charge >= 0.3 is 0 Å². The molecule has 168 valence electrons. The Morgan fingerprint density at radius 1 is 1.07 bits per heavy atom. The number of guanidine groups is 1. The summed E-state index contributed by atoms with van der Waals surface area (Å²) in [5.41, 5.74) is 0.739. The quantitative estimate of drug-likeness (QED) is 0.353. The lowest BCUT2D eigenvalue weighted by Crippen LogP contribution is -2.54. The summed E-state index contributed by atoms with van der Waals surface area (Å²) in [5, 5.41) is 12.5. The Labute approximate surface area is 195 Å². The molecule has 30 heavy (non-hydrogen) atoms. The molecule has 0 atom stereocenters. The minimum absolute atomic E-state index is 0. The van der Waals surface area contributed by atoms with E-state index in [1.165, 1.54) is 25.0 Å². The summed E-state index contributed by atoms with van der Waals surface area (Å²) < 4.78 is 13.5. The second-order valence-electron chi connectivity index (χ2n) is 7.74. The lowest BCUT2D eigenvalue weighted by atomic mass is 10.2. The monoisotopic (exact) mass is 533 g/mol. The first-order valence-corrected chi connectivity index (χ1v) is 10.5. The molecule has 0 spiro atoms. The van der Waals surface area contributed by atoms with Crippen LogP contribution in [-0.4, -0.2) is 84.5 Å². The fourth-order valence-electron chi connectivity index (χ4n) is 3.90. The summed E-state index contributed by atoms with van der Waals surface area (Å²) >= 11 is 0. The molecule has 1 amide bonds. The zero-order chi connectivity index (χ0) is 20.6. The van der Waals surface area contributed by atoms with E-state index in [2.05, 4.69) is 20.1 Å². The largest absolute Gasteiger partial charge is 0.505 e. The number of hydrogen-bond donors (Lipinski definition) is 2. The summed E-state index contributed by atoms with van der Waals surface area (Å²) in [6, 6.07) is 4.36. The molecule has 2 aliphatic rings. The molecular weight excluding hydrogens is 500 g/mol. The lowest BCUT2D eigenvalue weighted by Gasteiger charge is -2.37. The SMILES string of the molecule is CN=C(NCc1ccc(O)c(F)c1)N1CCN(CC(=O)N2CCCCCC2)CC1.I. The van der Waals surface area contributed by atoms with E-state index < -0.39 is 5.82 Å². The van der Waals surface area contributed by atoms with Crippen molar-refractivity contribution >= 4 is 35.8 Å². The molecule has 1 aromatic rings. The predicted molar refractivity (Wildman–Crippen MR) is 127 cm³/mol. The van der Waals surface area contributed by atoms with E-state index >= 15 is 0 Å². The van der Waals surface area contributed by atoms with Gasteiger partial charge in [0, 0.05) is 52.9 Å². The number of aromatic hydroxyl groups is 1. The van der Waals surface area contributed by atoms with E-state index in [0.29, 0.717) is 13.1 Å². The van der Waals surface area contributed by atoms with Crippen LogP contribution in [-0.2, 0) is 11.3 Å². The van der Waals surface area contributed by atoms with Gasteiger partial charge in [0.1, 0.15) is 0 Å². The lowest BCUT2D eigenvalue weighted by molar-refractivity contribution is -0.132. The topological polar surface area (TPSA) is 71.4 Å². The second-order valence-corrected chi connectivity index (χ2v) is 7.74. The Bertz CT molecular complexity index is 717. The minimum atomic E-state index is -0.623. The third kappa shape index (κ3) is 6.97. The number of rotatable bonds is 4. The predicted octanol–water partition coefficient (Wildman–Crippen LogP) is 2.24. The van der Waals surface area contributed by atoms with E-state index in [4.69, 9.17) is 0 Å². The molecule has 7 nitrogen and oxygen atoms in total. The van der Waals surface area contributed by atoms with Crippen LogP contribution in [0.4, 0.5) is 4.39 Å². The minimum Gasteiger partial charge on any atom is -0.505 e. The molecule has 2 N–H and O–H groups in total. The van der Waals surface area contributed by atoms with Crippen molar-refractivity contribution in [3.8, 4) is 5.75 Å². The molecule has 2 saturated heterocycles. The van der Waals surface area contributed by atoms with Gasteiger partial charge in [0.25, 0.3) is 0 Å². The van der Waals surface area contributed by atoms with E-state index in [0.717, 1.165) is 63.6 Å². The van der Waals surface area contributed by atoms with Gasteiger partial charge in [-0.1, -0.05) is 18.9 Å². The van der Waals surface area contributed by atoms with Crippen molar-refractivity contribution in [2.24, 2.45) is 4.99 Å². The summed E-state index contributed by atoms with van der Waals surface area (Å²) in [6.45, 7) is 5.92. The van der Waals surface area contributed by atoms with Crippen molar-refractivity contribution in [2.45, 2.75) is 32.2 Å². The maximum atomic E-state index is 13.5. The molecule has 0 unspecified atom stereocenters. The fraction of sp³-hybridized carbons (Fsp3) is 0.619. The average Bonchev–Trinajstić information content (AvgIpc) is 3.02. The number of carbonyl (C=O) groups excluding carboxylic acids is 1. The van der Waals surface area contributed by atoms with Crippen molar-refractivity contribution in [2.75, 3.05) is 52.9 Å². The highest BCUT2D eigenvalue weighted by atomic mass is 127. The number of carbonyl (C=O) groups is 1. The number of aliphatic imine (C=N–C) groups is 1. The first-order valence-electron chi connectivity index (χ1n) is 10.5. The Morgan fingerprint density at radius 3 is 2.33 bits per heavy atom. The zero-order valence-corrected chi connectivity index (χ0v) is 20.0. The van der Waals surface area contributed by atoms with Gasteiger partial charge in [-0.25, -0.2) is 4.39 Å². The third-order valence-corrected chi connectivity index (χ3v) is 5.66. The summed E-state index contributed by atoms with van der Waals surface area (Å²) in [4.78, 5) is 23.3. The molecule has 0 bridgehead atoms. The molecule has 2 aliphatic heterocycles. The number of nitrogens with zero attached hydrogens (tertiary/aromatic N) is 4. The Morgan fingerprint density at radius 2 is 1.73 bits per heavy atom. The van der Waals surface area contributed by atoms with Crippen molar-refractivity contribution in [1.82, 2.24) is 20.0 Å². The number of phenols is 1. The number of halogens is 2. The van der Waals surface area contributed by atoms with Crippen molar-refractivity contribution in [3.05, 3.63) is 29.6 Å². The molecule has 0 aliphatic carbocycles. The third-order valence-electron chi connectivity index (χ3n) is 5.66. The number of piperazine rings is 1. The van der Waals surface area contributed by atoms with Gasteiger partial charge in [-0.2, -0.15) is 0 Å². The number of hydrogen-bond acceptors (Lipinski definition) is 4. The fourth-order valence-corrected chi connectivity index (χ4v) is 3.90. The van der Waals surface area contributed by atoms with Crippen LogP contribution in [0.5, 0.6) is 5.75 Å². The number of likely N-dealkylation sites (tertiary alicyclic amines) is 1. The van der Waals surface area contributed by atoms with Crippen LogP contribution in [0.15, 0.2) is 23.2 Å². The molecule has 2 heterocycles. The summed E-state index contributed by atoms with van der Waals surface area (Å²) in [7, 11) is 1.73. The van der Waals surface area contributed by atoms with Gasteiger partial charge in [-0.3, -0.25) is 14.7 Å². The molecular formula is C21H33FIN5O2. The van der Waals surface area contributed by atoms with Crippen molar-refractivity contribution in [1.29, 1.82) is 0 Å². The summed E-state index contributed by atoms with van der Waals surface area (Å²) in [5.74, 6) is 0.0418. The highest BCUT2D eigenvalue weighted by Crippen LogP contribution is 2.16. The number of nitrogens with one attached hydrogen (secondary N) is 1. The van der Waals surface area contributed by atoms with Crippen LogP contribution in [0.1, 0.15) is 31.2 Å². The normalized spacial score (nSPS) is 18.5. The molecule has 1 aromatic carbocycles. The van der Waals surface area contributed by atoms with E-state index in [-0.39, 0.29) is 35.6 Å². The average molecular weight is 533 g/mol. The van der Waals surface area contributed by atoms with Gasteiger partial charge in [0.2, 0.25) is 5.91 Å². The van der Waals surface area contributed by atoms with Crippen LogP contribution < -0.4 is 5.32 Å². The molecule has 3 rings (SSSR count).